The Morgan fingerprint density at radius 2 is 2.00 bits per heavy atom. The zero-order valence-corrected chi connectivity index (χ0v) is 13.3. The number of hydrogen-bond acceptors (Lipinski definition) is 1. The number of hydrogen-bond donors (Lipinski definition) is 1. The van der Waals surface area contributed by atoms with Crippen molar-refractivity contribution in [3.63, 3.8) is 0 Å². The minimum absolute atomic E-state index is 0.481. The molecule has 0 aliphatic carbocycles. The molecule has 1 saturated heterocycles. The molecule has 0 saturated carbocycles. The Bertz CT molecular complexity index is 633. The molecule has 1 aliphatic heterocycles. The predicted octanol–water partition coefficient (Wildman–Crippen LogP) is 3.74. The van der Waals surface area contributed by atoms with Gasteiger partial charge in [0.2, 0.25) is 0 Å². The highest BCUT2D eigenvalue weighted by molar-refractivity contribution is 7.80. The standard InChI is InChI=1S/C18H22N2S/c1-2-3-11-20-16(13-19-18(20)21)12-15-9-6-8-14-7-4-5-10-17(14)15/h4-10,16H,2-3,11-13H2,1H3,(H,19,21)/t16-/m0/s1. The number of nitrogens with one attached hydrogen (secondary N) is 1. The molecule has 1 N–H and O–H groups in total. The van der Waals surface area contributed by atoms with Gasteiger partial charge in [-0.2, -0.15) is 0 Å². The van der Waals surface area contributed by atoms with Crippen LogP contribution in [0.15, 0.2) is 42.5 Å². The fourth-order valence-corrected chi connectivity index (χ4v) is 3.43. The van der Waals surface area contributed by atoms with E-state index in [-0.39, 0.29) is 0 Å². The van der Waals surface area contributed by atoms with Crippen LogP contribution < -0.4 is 5.32 Å². The summed E-state index contributed by atoms with van der Waals surface area (Å²) in [7, 11) is 0. The predicted molar refractivity (Wildman–Crippen MR) is 93.7 cm³/mol. The molecule has 1 aliphatic rings. The minimum atomic E-state index is 0.481. The average Bonchev–Trinajstić information content (AvgIpc) is 2.86. The van der Waals surface area contributed by atoms with Crippen LogP contribution in [0, 0.1) is 0 Å². The lowest BCUT2D eigenvalue weighted by Crippen LogP contribution is -2.36. The number of benzene rings is 2. The summed E-state index contributed by atoms with van der Waals surface area (Å²) in [4.78, 5) is 2.38. The van der Waals surface area contributed by atoms with Gasteiger partial charge in [0.05, 0.1) is 6.04 Å². The first-order valence-corrected chi connectivity index (χ1v) is 8.21. The molecule has 0 amide bonds. The van der Waals surface area contributed by atoms with Gasteiger partial charge in [0, 0.05) is 13.1 Å². The van der Waals surface area contributed by atoms with E-state index in [9.17, 15) is 0 Å². The highest BCUT2D eigenvalue weighted by atomic mass is 32.1. The monoisotopic (exact) mass is 298 g/mol. The van der Waals surface area contributed by atoms with Crippen molar-refractivity contribution in [3.05, 3.63) is 48.0 Å². The van der Waals surface area contributed by atoms with Gasteiger partial charge in [-0.05, 0) is 41.4 Å². The summed E-state index contributed by atoms with van der Waals surface area (Å²) in [5.74, 6) is 0. The first-order chi connectivity index (χ1) is 10.3. The normalized spacial score (nSPS) is 18.2. The second-order valence-corrected chi connectivity index (χ2v) is 6.12. The van der Waals surface area contributed by atoms with E-state index in [1.165, 1.54) is 29.2 Å². The largest absolute Gasteiger partial charge is 0.360 e. The zero-order valence-electron chi connectivity index (χ0n) is 12.5. The molecule has 3 heteroatoms. The molecular formula is C18H22N2S. The van der Waals surface area contributed by atoms with Gasteiger partial charge >= 0.3 is 0 Å². The van der Waals surface area contributed by atoms with E-state index >= 15 is 0 Å². The van der Waals surface area contributed by atoms with Crippen molar-refractivity contribution in [2.75, 3.05) is 13.1 Å². The van der Waals surface area contributed by atoms with Gasteiger partial charge < -0.3 is 10.2 Å². The van der Waals surface area contributed by atoms with E-state index in [4.69, 9.17) is 12.2 Å². The van der Waals surface area contributed by atoms with Gasteiger partial charge in [0.25, 0.3) is 0 Å². The maximum atomic E-state index is 5.46. The summed E-state index contributed by atoms with van der Waals surface area (Å²) in [5.41, 5.74) is 1.42. The summed E-state index contributed by atoms with van der Waals surface area (Å²) in [6.07, 6.45) is 3.46. The van der Waals surface area contributed by atoms with Crippen molar-refractivity contribution in [3.8, 4) is 0 Å². The number of fused-ring (bicyclic) bond motifs is 1. The molecule has 2 nitrogen and oxygen atoms in total. The molecule has 3 rings (SSSR count). The second-order valence-electron chi connectivity index (χ2n) is 5.73. The molecule has 1 atom stereocenters. The summed E-state index contributed by atoms with van der Waals surface area (Å²) in [6.45, 7) is 4.26. The van der Waals surface area contributed by atoms with Crippen LogP contribution in [-0.2, 0) is 6.42 Å². The highest BCUT2D eigenvalue weighted by Gasteiger charge is 2.27. The van der Waals surface area contributed by atoms with Crippen LogP contribution in [0.2, 0.25) is 0 Å². The van der Waals surface area contributed by atoms with Crippen LogP contribution >= 0.6 is 12.2 Å². The van der Waals surface area contributed by atoms with E-state index in [1.807, 2.05) is 0 Å². The van der Waals surface area contributed by atoms with Crippen molar-refractivity contribution in [1.29, 1.82) is 0 Å². The van der Waals surface area contributed by atoms with E-state index < -0.39 is 0 Å². The zero-order chi connectivity index (χ0) is 14.7. The lowest BCUT2D eigenvalue weighted by molar-refractivity contribution is 0.344. The quantitative estimate of drug-likeness (QED) is 0.847. The van der Waals surface area contributed by atoms with Crippen LogP contribution in [0.25, 0.3) is 10.8 Å². The molecule has 0 radical (unpaired) electrons. The lowest BCUT2D eigenvalue weighted by atomic mass is 9.98. The molecular weight excluding hydrogens is 276 g/mol. The minimum Gasteiger partial charge on any atom is -0.360 e. The Morgan fingerprint density at radius 3 is 2.86 bits per heavy atom. The van der Waals surface area contributed by atoms with Crippen LogP contribution in [0.1, 0.15) is 25.3 Å². The Labute approximate surface area is 132 Å². The van der Waals surface area contributed by atoms with Gasteiger partial charge in [-0.3, -0.25) is 0 Å². The molecule has 0 spiro atoms. The number of thiocarbonyl (C=S) groups is 1. The molecule has 0 bridgehead atoms. The third kappa shape index (κ3) is 3.03. The highest BCUT2D eigenvalue weighted by Crippen LogP contribution is 2.22. The molecule has 2 aromatic carbocycles. The summed E-state index contributed by atoms with van der Waals surface area (Å²) < 4.78 is 0. The molecule has 1 heterocycles. The summed E-state index contributed by atoms with van der Waals surface area (Å²) in [5, 5.41) is 6.97. The molecule has 0 unspecified atom stereocenters. The molecule has 0 aromatic heterocycles. The Morgan fingerprint density at radius 1 is 1.19 bits per heavy atom. The van der Waals surface area contributed by atoms with Crippen LogP contribution in [0.3, 0.4) is 0 Å². The van der Waals surface area contributed by atoms with Crippen molar-refractivity contribution < 1.29 is 0 Å². The van der Waals surface area contributed by atoms with Gasteiger partial charge in [-0.25, -0.2) is 0 Å². The third-order valence-corrected chi connectivity index (χ3v) is 4.66. The van der Waals surface area contributed by atoms with Crippen LogP contribution in [0.5, 0.6) is 0 Å². The average molecular weight is 298 g/mol. The van der Waals surface area contributed by atoms with Crippen LogP contribution in [0.4, 0.5) is 0 Å². The van der Waals surface area contributed by atoms with Crippen molar-refractivity contribution in [2.24, 2.45) is 0 Å². The smallest absolute Gasteiger partial charge is 0.169 e. The SMILES string of the molecule is CCCCN1C(=S)NC[C@@H]1Cc1cccc2ccccc12. The van der Waals surface area contributed by atoms with Crippen molar-refractivity contribution in [1.82, 2.24) is 10.2 Å². The Balaban J connectivity index is 1.82. The maximum Gasteiger partial charge on any atom is 0.169 e. The van der Waals surface area contributed by atoms with Gasteiger partial charge in [0.1, 0.15) is 0 Å². The van der Waals surface area contributed by atoms with Crippen molar-refractivity contribution >= 4 is 28.1 Å². The number of nitrogens with zero attached hydrogens (tertiary/aromatic N) is 1. The van der Waals surface area contributed by atoms with E-state index in [2.05, 4.69) is 59.6 Å². The van der Waals surface area contributed by atoms with Gasteiger partial charge in [-0.15, -0.1) is 0 Å². The summed E-state index contributed by atoms with van der Waals surface area (Å²) in [6, 6.07) is 15.7. The summed E-state index contributed by atoms with van der Waals surface area (Å²) >= 11 is 5.46. The Hall–Kier alpha value is -1.61. The molecule has 21 heavy (non-hydrogen) atoms. The third-order valence-electron chi connectivity index (χ3n) is 4.28. The molecule has 1 fully saturated rings. The molecule has 110 valence electrons. The first kappa shape index (κ1) is 14.3. The number of rotatable bonds is 5. The van der Waals surface area contributed by atoms with Crippen LogP contribution in [-0.4, -0.2) is 29.1 Å². The fraction of sp³-hybridized carbons (Fsp3) is 0.389. The van der Waals surface area contributed by atoms with E-state index in [1.54, 1.807) is 0 Å². The maximum absolute atomic E-state index is 5.46. The topological polar surface area (TPSA) is 15.3 Å². The number of unbranched alkanes of at least 4 members (excludes halogenated alkanes) is 1. The second kappa shape index (κ2) is 6.44. The van der Waals surface area contributed by atoms with E-state index in [0.29, 0.717) is 6.04 Å². The van der Waals surface area contributed by atoms with E-state index in [0.717, 1.165) is 24.6 Å². The van der Waals surface area contributed by atoms with Gasteiger partial charge in [-0.1, -0.05) is 55.8 Å². The fourth-order valence-electron chi connectivity index (χ4n) is 3.10. The lowest BCUT2D eigenvalue weighted by Gasteiger charge is -2.25. The first-order valence-electron chi connectivity index (χ1n) is 7.80. The molecule has 2 aromatic rings. The Kier molecular flexibility index (Phi) is 4.39. The van der Waals surface area contributed by atoms with Crippen molar-refractivity contribution in [2.45, 2.75) is 32.2 Å². The van der Waals surface area contributed by atoms with Gasteiger partial charge in [0.15, 0.2) is 5.11 Å².